The van der Waals surface area contributed by atoms with Gasteiger partial charge in [-0.1, -0.05) is 141 Å². The summed E-state index contributed by atoms with van der Waals surface area (Å²) in [6.07, 6.45) is 32.9. The maximum atomic E-state index is 12.5. The van der Waals surface area contributed by atoms with E-state index in [1.165, 1.54) is 89.9 Å². The van der Waals surface area contributed by atoms with Gasteiger partial charge in [0.1, 0.15) is 12.7 Å². The highest BCUT2D eigenvalue weighted by atomic mass is 31.2. The minimum Gasteiger partial charge on any atom is -0.462 e. The number of allylic oxidation sites excluding steroid dienone is 4. The third-order valence-corrected chi connectivity index (χ3v) is 9.31. The fourth-order valence-corrected chi connectivity index (χ4v) is 6.05. The summed E-state index contributed by atoms with van der Waals surface area (Å²) < 4.78 is 32.6. The summed E-state index contributed by atoms with van der Waals surface area (Å²) in [5.74, 6) is -0.960. The summed E-state index contributed by atoms with van der Waals surface area (Å²) in [6, 6.07) is 0. The number of hydrogen-bond acceptors (Lipinski definition) is 9. The van der Waals surface area contributed by atoms with E-state index in [1.54, 1.807) is 0 Å². The molecule has 0 spiro atoms. The van der Waals surface area contributed by atoms with E-state index in [1.807, 2.05) is 0 Å². The van der Waals surface area contributed by atoms with Gasteiger partial charge < -0.3 is 24.6 Å². The smallest absolute Gasteiger partial charge is 0.462 e. The van der Waals surface area contributed by atoms with Crippen LogP contribution in [0.15, 0.2) is 24.3 Å². The molecule has 0 heterocycles. The van der Waals surface area contributed by atoms with Gasteiger partial charge in [0.25, 0.3) is 0 Å². The van der Waals surface area contributed by atoms with Crippen LogP contribution in [0.2, 0.25) is 0 Å². The maximum absolute atomic E-state index is 12.5. The highest BCUT2D eigenvalue weighted by molar-refractivity contribution is 7.47. The molecule has 10 nitrogen and oxygen atoms in total. The van der Waals surface area contributed by atoms with Gasteiger partial charge in [0.05, 0.1) is 19.8 Å². The van der Waals surface area contributed by atoms with Crippen LogP contribution in [-0.2, 0) is 32.7 Å². The van der Waals surface area contributed by atoms with E-state index >= 15 is 0 Å². The third kappa shape index (κ3) is 34.9. The topological polar surface area (TPSA) is 149 Å². The Morgan fingerprint density at radius 3 is 1.58 bits per heavy atom. The molecule has 0 aliphatic rings. The Morgan fingerprint density at radius 1 is 0.600 bits per heavy atom. The molecule has 3 atom stereocenters. The molecule has 0 aromatic carbocycles. The normalized spacial score (nSPS) is 14.3. The number of carbonyl (C=O) groups excluding carboxylic acids is 2. The second kappa shape index (κ2) is 35.8. The number of phosphoric acid groups is 1. The molecule has 0 radical (unpaired) electrons. The van der Waals surface area contributed by atoms with Crippen LogP contribution in [0, 0.1) is 0 Å². The number of esters is 2. The Labute approximate surface area is 304 Å². The van der Waals surface area contributed by atoms with Crippen LogP contribution in [0.5, 0.6) is 0 Å². The molecule has 0 aromatic heterocycles. The summed E-state index contributed by atoms with van der Waals surface area (Å²) in [6.45, 7) is 2.33. The predicted octanol–water partition coefficient (Wildman–Crippen LogP) is 9.83. The SMILES string of the molecule is CCCCCCCC/C=C/C/C=C/CCCCC(=O)O[C@H](COC(=O)CCCCCCCCCCCCCC)COP(=O)(O)OC[C@@H](O)CO. The van der Waals surface area contributed by atoms with Crippen LogP contribution in [0.3, 0.4) is 0 Å². The minimum atomic E-state index is -4.62. The molecule has 0 rings (SSSR count). The number of unbranched alkanes of at least 4 members (excludes halogenated alkanes) is 19. The van der Waals surface area contributed by atoms with Crippen LogP contribution < -0.4 is 0 Å². The summed E-state index contributed by atoms with van der Waals surface area (Å²) in [5.41, 5.74) is 0. The molecule has 0 aliphatic carbocycles. The van der Waals surface area contributed by atoms with Crippen LogP contribution in [-0.4, -0.2) is 65.7 Å². The summed E-state index contributed by atoms with van der Waals surface area (Å²) >= 11 is 0. The third-order valence-electron chi connectivity index (χ3n) is 8.36. The number of hydrogen-bond donors (Lipinski definition) is 3. The zero-order valence-corrected chi connectivity index (χ0v) is 32.5. The Balaban J connectivity index is 4.40. The van der Waals surface area contributed by atoms with Crippen molar-refractivity contribution in [2.45, 2.75) is 187 Å². The molecule has 0 saturated heterocycles. The minimum absolute atomic E-state index is 0.144. The van der Waals surface area contributed by atoms with Crippen LogP contribution in [0.1, 0.15) is 174 Å². The fraction of sp³-hybridized carbons (Fsp3) is 0.846. The number of aliphatic hydroxyl groups is 2. The van der Waals surface area contributed by atoms with E-state index in [4.69, 9.17) is 19.1 Å². The summed E-state index contributed by atoms with van der Waals surface area (Å²) in [4.78, 5) is 34.8. The molecule has 0 saturated carbocycles. The van der Waals surface area contributed by atoms with Gasteiger partial charge in [0, 0.05) is 12.8 Å². The zero-order chi connectivity index (χ0) is 37.0. The first-order valence-electron chi connectivity index (χ1n) is 19.8. The standard InChI is InChI=1S/C39H73O10P/c1-3-5-7-9-11-13-15-17-18-19-21-23-25-27-29-31-39(43)49-37(35-48-50(44,45)47-33-36(41)32-40)34-46-38(42)30-28-26-24-22-20-16-14-12-10-8-6-4-2/h17-18,21,23,36-37,40-41H,3-16,19-20,22,24-35H2,1-2H3,(H,44,45)/b18-17+,23-21+/t36-,37+/m0/s1. The quantitative estimate of drug-likeness (QED) is 0.0244. The Kier molecular flexibility index (Phi) is 34.7. The lowest BCUT2D eigenvalue weighted by molar-refractivity contribution is -0.161. The lowest BCUT2D eigenvalue weighted by Crippen LogP contribution is -2.29. The molecule has 0 fully saturated rings. The Bertz CT molecular complexity index is 894. The number of ether oxygens (including phenoxy) is 2. The van der Waals surface area contributed by atoms with Crippen molar-refractivity contribution >= 4 is 19.8 Å². The molecule has 0 amide bonds. The van der Waals surface area contributed by atoms with Crippen molar-refractivity contribution in [3.05, 3.63) is 24.3 Å². The highest BCUT2D eigenvalue weighted by Gasteiger charge is 2.27. The maximum Gasteiger partial charge on any atom is 0.472 e. The van der Waals surface area contributed by atoms with Crippen molar-refractivity contribution < 1.29 is 47.8 Å². The largest absolute Gasteiger partial charge is 0.472 e. The Hall–Kier alpha value is -1.55. The molecule has 1 unspecified atom stereocenters. The zero-order valence-electron chi connectivity index (χ0n) is 31.6. The lowest BCUT2D eigenvalue weighted by Gasteiger charge is -2.20. The Morgan fingerprint density at radius 2 is 1.04 bits per heavy atom. The number of rotatable bonds is 37. The van der Waals surface area contributed by atoms with Crippen LogP contribution in [0.25, 0.3) is 0 Å². The molecule has 11 heteroatoms. The van der Waals surface area contributed by atoms with E-state index in [0.717, 1.165) is 44.9 Å². The summed E-state index contributed by atoms with van der Waals surface area (Å²) in [5, 5.41) is 18.3. The second-order valence-corrected chi connectivity index (χ2v) is 14.8. The van der Waals surface area contributed by atoms with Gasteiger partial charge in [-0.2, -0.15) is 0 Å². The van der Waals surface area contributed by atoms with E-state index in [-0.39, 0.29) is 19.4 Å². The molecular weight excluding hydrogens is 659 g/mol. The molecule has 294 valence electrons. The molecule has 0 bridgehead atoms. The highest BCUT2D eigenvalue weighted by Crippen LogP contribution is 2.43. The van der Waals surface area contributed by atoms with Crippen molar-refractivity contribution in [1.29, 1.82) is 0 Å². The first-order chi connectivity index (χ1) is 24.2. The van der Waals surface area contributed by atoms with Gasteiger partial charge >= 0.3 is 19.8 Å². The van der Waals surface area contributed by atoms with Gasteiger partial charge in [-0.25, -0.2) is 4.57 Å². The van der Waals surface area contributed by atoms with E-state index in [2.05, 4.69) is 42.7 Å². The van der Waals surface area contributed by atoms with Gasteiger partial charge in [-0.05, 0) is 44.9 Å². The average molecular weight is 733 g/mol. The van der Waals surface area contributed by atoms with Crippen molar-refractivity contribution in [2.24, 2.45) is 0 Å². The molecule has 50 heavy (non-hydrogen) atoms. The van der Waals surface area contributed by atoms with E-state index in [9.17, 15) is 24.2 Å². The predicted molar refractivity (Wildman–Crippen MR) is 201 cm³/mol. The van der Waals surface area contributed by atoms with E-state index in [0.29, 0.717) is 12.8 Å². The second-order valence-electron chi connectivity index (χ2n) is 13.3. The molecular formula is C39H73O10P. The average Bonchev–Trinajstić information content (AvgIpc) is 3.10. The molecule has 0 aliphatic heterocycles. The van der Waals surface area contributed by atoms with Crippen molar-refractivity contribution in [3.63, 3.8) is 0 Å². The van der Waals surface area contributed by atoms with Crippen molar-refractivity contribution in [1.82, 2.24) is 0 Å². The first-order valence-corrected chi connectivity index (χ1v) is 21.3. The lowest BCUT2D eigenvalue weighted by atomic mass is 10.0. The van der Waals surface area contributed by atoms with Crippen LogP contribution in [0.4, 0.5) is 0 Å². The van der Waals surface area contributed by atoms with Crippen LogP contribution >= 0.6 is 7.82 Å². The first kappa shape index (κ1) is 48.5. The monoisotopic (exact) mass is 732 g/mol. The number of aliphatic hydroxyl groups excluding tert-OH is 2. The fourth-order valence-electron chi connectivity index (χ4n) is 5.26. The van der Waals surface area contributed by atoms with Gasteiger partial charge in [-0.3, -0.25) is 18.6 Å². The molecule has 3 N–H and O–H groups in total. The van der Waals surface area contributed by atoms with Gasteiger partial charge in [0.15, 0.2) is 6.10 Å². The molecule has 0 aromatic rings. The number of carbonyl (C=O) groups is 2. The van der Waals surface area contributed by atoms with Crippen molar-refractivity contribution in [2.75, 3.05) is 26.4 Å². The van der Waals surface area contributed by atoms with E-state index < -0.39 is 51.8 Å². The van der Waals surface area contributed by atoms with Gasteiger partial charge in [0.2, 0.25) is 0 Å². The van der Waals surface area contributed by atoms with Gasteiger partial charge in [-0.15, -0.1) is 0 Å². The summed E-state index contributed by atoms with van der Waals surface area (Å²) in [7, 11) is -4.62. The van der Waals surface area contributed by atoms with Crippen molar-refractivity contribution in [3.8, 4) is 0 Å². The number of phosphoric ester groups is 1.